The van der Waals surface area contributed by atoms with E-state index in [1.165, 1.54) is 44.9 Å². The first-order valence-corrected chi connectivity index (χ1v) is 10.4. The maximum Gasteiger partial charge on any atom is -0.00442 e. The minimum Gasteiger partial charge on any atom is -0.0993 e. The van der Waals surface area contributed by atoms with E-state index in [1.807, 2.05) is 0 Å². The molecular formula is C24H36. The molecule has 0 N–H and O–H groups in total. The van der Waals surface area contributed by atoms with Crippen LogP contribution in [0.2, 0.25) is 0 Å². The average molecular weight is 325 g/mol. The van der Waals surface area contributed by atoms with Gasteiger partial charge in [0.05, 0.1) is 0 Å². The van der Waals surface area contributed by atoms with Crippen molar-refractivity contribution in [2.45, 2.75) is 79.6 Å². The van der Waals surface area contributed by atoms with Gasteiger partial charge in [-0.05, 0) is 84.5 Å². The van der Waals surface area contributed by atoms with E-state index >= 15 is 0 Å². The molecule has 2 fully saturated rings. The Labute approximate surface area is 149 Å². The highest BCUT2D eigenvalue weighted by Gasteiger charge is 2.64. The van der Waals surface area contributed by atoms with Gasteiger partial charge in [0, 0.05) is 0 Å². The number of fused-ring (bicyclic) bond motifs is 5. The molecule has 0 amide bonds. The van der Waals surface area contributed by atoms with Gasteiger partial charge < -0.3 is 0 Å². The lowest BCUT2D eigenvalue weighted by atomic mass is 9.42. The van der Waals surface area contributed by atoms with E-state index in [2.05, 4.69) is 53.3 Å². The van der Waals surface area contributed by atoms with Crippen LogP contribution in [0.25, 0.3) is 0 Å². The standard InChI is InChI=1S/C24H36/c1-7-18-10-12-22(4)19(15-18)8-9-21-20(22)11-13-23(5)16(2)14-17(3)24(21,23)6/h8,15,17,20-21H,2,7,9-14H2,1,3-6H3. The van der Waals surface area contributed by atoms with Crippen molar-refractivity contribution in [3.8, 4) is 0 Å². The van der Waals surface area contributed by atoms with Crippen LogP contribution in [0.1, 0.15) is 79.6 Å². The van der Waals surface area contributed by atoms with Crippen LogP contribution in [0.3, 0.4) is 0 Å². The SMILES string of the molecule is C=C1CC(C)C2(C)C3CC=C4C=C(CC)CCC4(C)C3CCC12C. The van der Waals surface area contributed by atoms with Crippen molar-refractivity contribution in [2.24, 2.45) is 34.0 Å². The summed E-state index contributed by atoms with van der Waals surface area (Å²) in [4.78, 5) is 0. The van der Waals surface area contributed by atoms with Crippen LogP contribution in [0, 0.1) is 34.0 Å². The molecule has 0 aliphatic heterocycles. The van der Waals surface area contributed by atoms with Crippen LogP contribution in [-0.2, 0) is 0 Å². The van der Waals surface area contributed by atoms with Crippen LogP contribution in [0.15, 0.2) is 35.5 Å². The van der Waals surface area contributed by atoms with E-state index < -0.39 is 0 Å². The third kappa shape index (κ3) is 1.81. The van der Waals surface area contributed by atoms with Crippen molar-refractivity contribution < 1.29 is 0 Å². The maximum absolute atomic E-state index is 4.54. The summed E-state index contributed by atoms with van der Waals surface area (Å²) in [5.41, 5.74) is 6.14. The molecule has 6 atom stereocenters. The first-order chi connectivity index (χ1) is 11.3. The molecule has 4 rings (SSSR count). The molecule has 0 aromatic heterocycles. The minimum absolute atomic E-state index is 0.369. The Kier molecular flexibility index (Phi) is 3.56. The highest BCUT2D eigenvalue weighted by Crippen LogP contribution is 2.72. The van der Waals surface area contributed by atoms with Gasteiger partial charge in [0.25, 0.3) is 0 Å². The summed E-state index contributed by atoms with van der Waals surface area (Å²) >= 11 is 0. The average Bonchev–Trinajstić information content (AvgIpc) is 2.74. The largest absolute Gasteiger partial charge is 0.0993 e. The Morgan fingerprint density at radius 2 is 1.92 bits per heavy atom. The molecule has 0 bridgehead atoms. The molecule has 0 radical (unpaired) electrons. The van der Waals surface area contributed by atoms with Gasteiger partial charge in [0.2, 0.25) is 0 Å². The van der Waals surface area contributed by atoms with Gasteiger partial charge in [0.15, 0.2) is 0 Å². The Bertz CT molecular complexity index is 634. The summed E-state index contributed by atoms with van der Waals surface area (Å²) in [6.07, 6.45) is 14.5. The van der Waals surface area contributed by atoms with Crippen molar-refractivity contribution in [3.05, 3.63) is 35.5 Å². The molecule has 132 valence electrons. The van der Waals surface area contributed by atoms with Crippen molar-refractivity contribution in [1.82, 2.24) is 0 Å². The van der Waals surface area contributed by atoms with Crippen molar-refractivity contribution >= 4 is 0 Å². The predicted octanol–water partition coefficient (Wildman–Crippen LogP) is 7.09. The summed E-state index contributed by atoms with van der Waals surface area (Å²) in [6.45, 7) is 17.1. The van der Waals surface area contributed by atoms with Gasteiger partial charge in [-0.3, -0.25) is 0 Å². The van der Waals surface area contributed by atoms with Crippen LogP contribution in [0.5, 0.6) is 0 Å². The summed E-state index contributed by atoms with van der Waals surface area (Å²) in [5.74, 6) is 2.50. The first kappa shape index (κ1) is 16.7. The highest BCUT2D eigenvalue weighted by molar-refractivity contribution is 5.39. The van der Waals surface area contributed by atoms with E-state index in [4.69, 9.17) is 0 Å². The smallest absolute Gasteiger partial charge is 0.00442 e. The van der Waals surface area contributed by atoms with Gasteiger partial charge >= 0.3 is 0 Å². The summed E-state index contributed by atoms with van der Waals surface area (Å²) in [7, 11) is 0. The summed E-state index contributed by atoms with van der Waals surface area (Å²) < 4.78 is 0. The fourth-order valence-corrected chi connectivity index (χ4v) is 7.43. The van der Waals surface area contributed by atoms with E-state index in [9.17, 15) is 0 Å². The normalized spacial score (nSPS) is 50.5. The molecule has 0 heteroatoms. The molecule has 0 heterocycles. The predicted molar refractivity (Wildman–Crippen MR) is 104 cm³/mol. The fraction of sp³-hybridized carbons (Fsp3) is 0.750. The number of hydrogen-bond acceptors (Lipinski definition) is 0. The second-order valence-corrected chi connectivity index (χ2v) is 10.0. The highest BCUT2D eigenvalue weighted by atomic mass is 14.7. The molecule has 4 aliphatic carbocycles. The topological polar surface area (TPSA) is 0 Å². The van der Waals surface area contributed by atoms with Crippen LogP contribution >= 0.6 is 0 Å². The lowest BCUT2D eigenvalue weighted by Crippen LogP contribution is -2.55. The summed E-state index contributed by atoms with van der Waals surface area (Å²) in [5, 5.41) is 0. The van der Waals surface area contributed by atoms with Crippen LogP contribution < -0.4 is 0 Å². The number of rotatable bonds is 1. The number of allylic oxidation sites excluding steroid dienone is 5. The van der Waals surface area contributed by atoms with Gasteiger partial charge in [-0.1, -0.05) is 64.5 Å². The van der Waals surface area contributed by atoms with Crippen molar-refractivity contribution in [1.29, 1.82) is 0 Å². The zero-order valence-corrected chi connectivity index (χ0v) is 16.5. The Morgan fingerprint density at radius 3 is 2.62 bits per heavy atom. The van der Waals surface area contributed by atoms with E-state index in [1.54, 1.807) is 16.7 Å². The Morgan fingerprint density at radius 1 is 1.17 bits per heavy atom. The molecule has 2 saturated carbocycles. The molecule has 0 saturated heterocycles. The summed E-state index contributed by atoms with van der Waals surface area (Å²) in [6, 6.07) is 0. The quantitative estimate of drug-likeness (QED) is 0.452. The minimum atomic E-state index is 0.369. The zero-order valence-electron chi connectivity index (χ0n) is 16.5. The van der Waals surface area contributed by atoms with Crippen LogP contribution in [0.4, 0.5) is 0 Å². The second kappa shape index (κ2) is 5.12. The van der Waals surface area contributed by atoms with E-state index in [-0.39, 0.29) is 0 Å². The molecule has 0 aromatic carbocycles. The monoisotopic (exact) mass is 324 g/mol. The molecule has 0 aromatic rings. The third-order valence-corrected chi connectivity index (χ3v) is 9.61. The first-order valence-electron chi connectivity index (χ1n) is 10.4. The van der Waals surface area contributed by atoms with Gasteiger partial charge in [-0.25, -0.2) is 0 Å². The fourth-order valence-electron chi connectivity index (χ4n) is 7.43. The molecule has 4 aliphatic rings. The van der Waals surface area contributed by atoms with Crippen molar-refractivity contribution in [2.75, 3.05) is 0 Å². The molecule has 6 unspecified atom stereocenters. The molecule has 0 spiro atoms. The van der Waals surface area contributed by atoms with Gasteiger partial charge in [0.1, 0.15) is 0 Å². The molecule has 0 nitrogen and oxygen atoms in total. The lowest BCUT2D eigenvalue weighted by Gasteiger charge is -2.62. The van der Waals surface area contributed by atoms with Crippen molar-refractivity contribution in [3.63, 3.8) is 0 Å². The maximum atomic E-state index is 4.54. The second-order valence-electron chi connectivity index (χ2n) is 10.0. The van der Waals surface area contributed by atoms with Gasteiger partial charge in [-0.15, -0.1) is 0 Å². The lowest BCUT2D eigenvalue weighted by molar-refractivity contribution is -0.0934. The zero-order chi connectivity index (χ0) is 17.3. The Hall–Kier alpha value is -0.780. The molecule has 24 heavy (non-hydrogen) atoms. The third-order valence-electron chi connectivity index (χ3n) is 9.61. The Balaban J connectivity index is 1.79. The van der Waals surface area contributed by atoms with Crippen LogP contribution in [-0.4, -0.2) is 0 Å². The van der Waals surface area contributed by atoms with Gasteiger partial charge in [-0.2, -0.15) is 0 Å². The molecular weight excluding hydrogens is 288 g/mol. The van der Waals surface area contributed by atoms with E-state index in [0.29, 0.717) is 16.2 Å². The number of hydrogen-bond donors (Lipinski definition) is 0. The van der Waals surface area contributed by atoms with E-state index in [0.717, 1.165) is 17.8 Å².